The van der Waals surface area contributed by atoms with Crippen molar-refractivity contribution in [3.8, 4) is 0 Å². The Hall–Kier alpha value is -1.51. The summed E-state index contributed by atoms with van der Waals surface area (Å²) >= 11 is 0. The van der Waals surface area contributed by atoms with Crippen molar-refractivity contribution < 1.29 is 4.79 Å². The van der Waals surface area contributed by atoms with Crippen molar-refractivity contribution in [2.45, 2.75) is 33.7 Å². The van der Waals surface area contributed by atoms with Gasteiger partial charge in [0.25, 0.3) is 5.91 Å². The van der Waals surface area contributed by atoms with Gasteiger partial charge < -0.3 is 10.6 Å². The van der Waals surface area contributed by atoms with Crippen molar-refractivity contribution in [3.63, 3.8) is 0 Å². The first-order valence-corrected chi connectivity index (χ1v) is 5.87. The van der Waals surface area contributed by atoms with Gasteiger partial charge in [-0.1, -0.05) is 32.9 Å². The van der Waals surface area contributed by atoms with E-state index in [1.165, 1.54) is 0 Å². The highest BCUT2D eigenvalue weighted by molar-refractivity contribution is 5.99. The fourth-order valence-electron chi connectivity index (χ4n) is 1.64. The Balaban J connectivity index is 2.95. The zero-order valence-electron chi connectivity index (χ0n) is 11.3. The fraction of sp³-hybridized carbons (Fsp3) is 0.500. The van der Waals surface area contributed by atoms with E-state index in [1.54, 1.807) is 17.0 Å². The zero-order chi connectivity index (χ0) is 13.2. The predicted molar refractivity (Wildman–Crippen MR) is 71.9 cm³/mol. The molecule has 1 atom stereocenters. The molecule has 3 nitrogen and oxygen atoms in total. The topological polar surface area (TPSA) is 46.3 Å². The van der Waals surface area contributed by atoms with E-state index in [9.17, 15) is 4.79 Å². The van der Waals surface area contributed by atoms with Gasteiger partial charge in [0.05, 0.1) is 5.56 Å². The number of hydrogen-bond acceptors (Lipinski definition) is 2. The minimum absolute atomic E-state index is 0.0227. The van der Waals surface area contributed by atoms with Gasteiger partial charge in [0, 0.05) is 18.8 Å². The molecule has 0 aliphatic rings. The Labute approximate surface area is 104 Å². The number of amides is 1. The highest BCUT2D eigenvalue weighted by Crippen LogP contribution is 2.25. The maximum atomic E-state index is 12.3. The summed E-state index contributed by atoms with van der Waals surface area (Å²) in [4.78, 5) is 14.1. The number of carbonyl (C=O) groups excluding carboxylic acids is 1. The highest BCUT2D eigenvalue weighted by atomic mass is 16.2. The average molecular weight is 234 g/mol. The quantitative estimate of drug-likeness (QED) is 0.800. The number of nitrogen functional groups attached to an aromatic ring is 1. The molecule has 0 radical (unpaired) electrons. The van der Waals surface area contributed by atoms with Crippen LogP contribution in [0.1, 0.15) is 38.1 Å². The monoisotopic (exact) mass is 234 g/mol. The lowest BCUT2D eigenvalue weighted by molar-refractivity contribution is 0.0630. The van der Waals surface area contributed by atoms with Crippen LogP contribution in [0.25, 0.3) is 0 Å². The van der Waals surface area contributed by atoms with Crippen LogP contribution in [0.15, 0.2) is 24.3 Å². The molecule has 94 valence electrons. The molecule has 0 bridgehead atoms. The van der Waals surface area contributed by atoms with Gasteiger partial charge in [0.1, 0.15) is 0 Å². The van der Waals surface area contributed by atoms with Crippen LogP contribution in [0.5, 0.6) is 0 Å². The van der Waals surface area contributed by atoms with Crippen LogP contribution >= 0.6 is 0 Å². The van der Waals surface area contributed by atoms with Crippen LogP contribution in [0.2, 0.25) is 0 Å². The average Bonchev–Trinajstić information content (AvgIpc) is 2.25. The molecule has 17 heavy (non-hydrogen) atoms. The molecule has 0 aliphatic heterocycles. The van der Waals surface area contributed by atoms with Crippen molar-refractivity contribution in [3.05, 3.63) is 29.8 Å². The second kappa shape index (κ2) is 4.78. The molecular weight excluding hydrogens is 212 g/mol. The Kier molecular flexibility index (Phi) is 3.81. The van der Waals surface area contributed by atoms with Crippen LogP contribution in [0, 0.1) is 5.41 Å². The van der Waals surface area contributed by atoms with Gasteiger partial charge in [-0.15, -0.1) is 0 Å². The molecule has 2 N–H and O–H groups in total. The molecule has 0 spiro atoms. The molecule has 1 unspecified atom stereocenters. The van der Waals surface area contributed by atoms with Crippen LogP contribution in [-0.4, -0.2) is 23.9 Å². The maximum Gasteiger partial charge on any atom is 0.255 e. The van der Waals surface area contributed by atoms with E-state index >= 15 is 0 Å². The summed E-state index contributed by atoms with van der Waals surface area (Å²) in [6.07, 6.45) is 0. The largest absolute Gasteiger partial charge is 0.398 e. The van der Waals surface area contributed by atoms with E-state index in [0.717, 1.165) is 0 Å². The molecule has 0 saturated heterocycles. The molecule has 1 aromatic carbocycles. The van der Waals surface area contributed by atoms with Gasteiger partial charge in [-0.3, -0.25) is 4.79 Å². The number of carbonyl (C=O) groups is 1. The summed E-state index contributed by atoms with van der Waals surface area (Å²) in [6.45, 7) is 8.42. The Morgan fingerprint density at radius 2 is 1.82 bits per heavy atom. The number of nitrogens with zero attached hydrogens (tertiary/aromatic N) is 1. The molecule has 0 aliphatic carbocycles. The van der Waals surface area contributed by atoms with Crippen molar-refractivity contribution in [1.82, 2.24) is 4.90 Å². The lowest BCUT2D eigenvalue weighted by atomic mass is 9.87. The number of nitrogens with two attached hydrogens (primary N) is 1. The van der Waals surface area contributed by atoms with Crippen LogP contribution in [0.4, 0.5) is 5.69 Å². The second-order valence-corrected chi connectivity index (χ2v) is 5.55. The molecule has 0 heterocycles. The first kappa shape index (κ1) is 13.6. The second-order valence-electron chi connectivity index (χ2n) is 5.55. The first-order valence-electron chi connectivity index (χ1n) is 5.87. The molecule has 0 aromatic heterocycles. The molecule has 3 heteroatoms. The number of rotatable bonds is 2. The van der Waals surface area contributed by atoms with Crippen molar-refractivity contribution in [2.75, 3.05) is 12.8 Å². The van der Waals surface area contributed by atoms with E-state index < -0.39 is 0 Å². The number of hydrogen-bond donors (Lipinski definition) is 1. The van der Waals surface area contributed by atoms with E-state index in [2.05, 4.69) is 27.7 Å². The van der Waals surface area contributed by atoms with Crippen molar-refractivity contribution in [1.29, 1.82) is 0 Å². The van der Waals surface area contributed by atoms with Crippen molar-refractivity contribution >= 4 is 11.6 Å². The molecule has 0 fully saturated rings. The van der Waals surface area contributed by atoms with Crippen LogP contribution in [-0.2, 0) is 0 Å². The number of para-hydroxylation sites is 1. The standard InChI is InChI=1S/C14H22N2O/c1-10(14(2,3)4)16(5)13(17)11-8-6-7-9-12(11)15/h6-10H,15H2,1-5H3. The van der Waals surface area contributed by atoms with Gasteiger partial charge >= 0.3 is 0 Å². The fourth-order valence-corrected chi connectivity index (χ4v) is 1.64. The zero-order valence-corrected chi connectivity index (χ0v) is 11.3. The van der Waals surface area contributed by atoms with E-state index in [1.807, 2.05) is 19.2 Å². The Morgan fingerprint density at radius 3 is 2.29 bits per heavy atom. The summed E-state index contributed by atoms with van der Waals surface area (Å²) < 4.78 is 0. The predicted octanol–water partition coefficient (Wildman–Crippen LogP) is 2.78. The van der Waals surface area contributed by atoms with Crippen LogP contribution in [0.3, 0.4) is 0 Å². The Morgan fingerprint density at radius 1 is 1.29 bits per heavy atom. The van der Waals surface area contributed by atoms with Crippen molar-refractivity contribution in [2.24, 2.45) is 5.41 Å². The SMILES string of the molecule is CC(N(C)C(=O)c1ccccc1N)C(C)(C)C. The molecule has 1 rings (SSSR count). The summed E-state index contributed by atoms with van der Waals surface area (Å²) in [5.74, 6) is -0.0227. The Bertz CT molecular complexity index is 407. The van der Waals surface area contributed by atoms with Gasteiger partial charge in [-0.25, -0.2) is 0 Å². The summed E-state index contributed by atoms with van der Waals surface area (Å²) in [5.41, 5.74) is 6.98. The smallest absolute Gasteiger partial charge is 0.255 e. The first-order chi connectivity index (χ1) is 7.75. The molecule has 1 aromatic rings. The number of benzene rings is 1. The molecule has 1 amide bonds. The van der Waals surface area contributed by atoms with E-state index in [4.69, 9.17) is 5.73 Å². The van der Waals surface area contributed by atoms with E-state index in [-0.39, 0.29) is 17.4 Å². The van der Waals surface area contributed by atoms with Crippen LogP contribution < -0.4 is 5.73 Å². The summed E-state index contributed by atoms with van der Waals surface area (Å²) in [5, 5.41) is 0. The molecular formula is C14H22N2O. The van der Waals surface area contributed by atoms with Gasteiger partial charge in [0.15, 0.2) is 0 Å². The summed E-state index contributed by atoms with van der Waals surface area (Å²) in [6, 6.07) is 7.33. The third-order valence-electron chi connectivity index (χ3n) is 3.35. The van der Waals surface area contributed by atoms with E-state index in [0.29, 0.717) is 11.3 Å². The summed E-state index contributed by atoms with van der Waals surface area (Å²) in [7, 11) is 1.82. The van der Waals surface area contributed by atoms with Gasteiger partial charge in [-0.05, 0) is 24.5 Å². The van der Waals surface area contributed by atoms with Gasteiger partial charge in [-0.2, -0.15) is 0 Å². The third-order valence-corrected chi connectivity index (χ3v) is 3.35. The minimum atomic E-state index is -0.0227. The third kappa shape index (κ3) is 2.99. The maximum absolute atomic E-state index is 12.3. The normalized spacial score (nSPS) is 13.2. The lowest BCUT2D eigenvalue weighted by Crippen LogP contribution is -2.43. The molecule has 0 saturated carbocycles. The number of anilines is 1. The lowest BCUT2D eigenvalue weighted by Gasteiger charge is -2.35. The minimum Gasteiger partial charge on any atom is -0.398 e. The van der Waals surface area contributed by atoms with Gasteiger partial charge in [0.2, 0.25) is 0 Å². The highest BCUT2D eigenvalue weighted by Gasteiger charge is 2.28.